The van der Waals surface area contributed by atoms with Crippen LogP contribution in [0.4, 0.5) is 0 Å². The fraction of sp³-hybridized carbons (Fsp3) is 0.235. The first-order chi connectivity index (χ1) is 9.70. The van der Waals surface area contributed by atoms with Gasteiger partial charge in [0.1, 0.15) is 5.01 Å². The number of rotatable bonds is 4. The lowest BCUT2D eigenvalue weighted by Gasteiger charge is -2.15. The number of hydrogen-bond acceptors (Lipinski definition) is 3. The maximum atomic E-state index is 4.69. The minimum atomic E-state index is 0.896. The zero-order valence-electron chi connectivity index (χ0n) is 11.8. The van der Waals surface area contributed by atoms with Crippen LogP contribution in [0.15, 0.2) is 48.5 Å². The number of fused-ring (bicyclic) bond motifs is 1. The summed E-state index contributed by atoms with van der Waals surface area (Å²) in [6.45, 7) is 3.97. The predicted octanol–water partition coefficient (Wildman–Crippen LogP) is 4.24. The Bertz CT molecular complexity index is 667. The first kappa shape index (κ1) is 13.3. The van der Waals surface area contributed by atoms with Crippen molar-refractivity contribution in [2.24, 2.45) is 0 Å². The van der Waals surface area contributed by atoms with E-state index in [9.17, 15) is 0 Å². The molecule has 0 bridgehead atoms. The summed E-state index contributed by atoms with van der Waals surface area (Å²) in [7, 11) is 2.14. The summed E-state index contributed by atoms with van der Waals surface area (Å²) in [5.74, 6) is 0. The predicted molar refractivity (Wildman–Crippen MR) is 86.0 cm³/mol. The second-order valence-electron chi connectivity index (χ2n) is 5.23. The minimum Gasteiger partial charge on any atom is -0.295 e. The summed E-state index contributed by atoms with van der Waals surface area (Å²) in [6.07, 6.45) is 0. The van der Waals surface area contributed by atoms with Gasteiger partial charge in [0, 0.05) is 6.54 Å². The molecular weight excluding hydrogens is 264 g/mol. The molecule has 3 rings (SSSR count). The second kappa shape index (κ2) is 5.73. The molecule has 0 unspecified atom stereocenters. The van der Waals surface area contributed by atoms with Gasteiger partial charge in [0.25, 0.3) is 0 Å². The third-order valence-corrected chi connectivity index (χ3v) is 4.34. The number of hydrogen-bond donors (Lipinski definition) is 0. The molecule has 1 aromatic heterocycles. The molecule has 0 aliphatic carbocycles. The second-order valence-corrected chi connectivity index (χ2v) is 6.35. The summed E-state index contributed by atoms with van der Waals surface area (Å²) in [4.78, 5) is 6.99. The molecule has 0 N–H and O–H groups in total. The molecule has 0 atom stereocenters. The molecule has 0 aliphatic rings. The van der Waals surface area contributed by atoms with Gasteiger partial charge in [-0.15, -0.1) is 11.3 Å². The lowest BCUT2D eigenvalue weighted by atomic mass is 10.1. The van der Waals surface area contributed by atoms with Crippen molar-refractivity contribution in [3.8, 4) is 0 Å². The highest BCUT2D eigenvalue weighted by Crippen LogP contribution is 2.22. The third-order valence-electron chi connectivity index (χ3n) is 3.32. The SMILES string of the molecule is Cc1ccc(CN(C)Cc2nc3ccccc3s2)cc1. The Morgan fingerprint density at radius 3 is 2.50 bits per heavy atom. The van der Waals surface area contributed by atoms with Crippen molar-refractivity contribution in [3.05, 3.63) is 64.7 Å². The molecule has 0 saturated carbocycles. The van der Waals surface area contributed by atoms with Crippen molar-refractivity contribution >= 4 is 21.6 Å². The van der Waals surface area contributed by atoms with Gasteiger partial charge in [0.2, 0.25) is 0 Å². The van der Waals surface area contributed by atoms with Crippen LogP contribution in [0.3, 0.4) is 0 Å². The Morgan fingerprint density at radius 1 is 1.00 bits per heavy atom. The van der Waals surface area contributed by atoms with E-state index in [1.165, 1.54) is 20.8 Å². The smallest absolute Gasteiger partial charge is 0.108 e. The van der Waals surface area contributed by atoms with Crippen LogP contribution in [0.5, 0.6) is 0 Å². The highest BCUT2D eigenvalue weighted by atomic mass is 32.1. The Hall–Kier alpha value is -1.71. The topological polar surface area (TPSA) is 16.1 Å². The molecule has 2 aromatic carbocycles. The first-order valence-corrected chi connectivity index (χ1v) is 7.61. The number of nitrogens with zero attached hydrogens (tertiary/aromatic N) is 2. The van der Waals surface area contributed by atoms with Crippen molar-refractivity contribution in [2.75, 3.05) is 7.05 Å². The molecule has 0 amide bonds. The number of para-hydroxylation sites is 1. The van der Waals surface area contributed by atoms with Crippen molar-refractivity contribution in [2.45, 2.75) is 20.0 Å². The summed E-state index contributed by atoms with van der Waals surface area (Å²) < 4.78 is 1.27. The van der Waals surface area contributed by atoms with E-state index in [1.807, 2.05) is 6.07 Å². The molecule has 2 nitrogen and oxygen atoms in total. The Balaban J connectivity index is 1.69. The van der Waals surface area contributed by atoms with Crippen LogP contribution >= 0.6 is 11.3 Å². The summed E-state index contributed by atoms with van der Waals surface area (Å²) in [5, 5.41) is 1.18. The zero-order chi connectivity index (χ0) is 13.9. The third kappa shape index (κ3) is 3.06. The van der Waals surface area contributed by atoms with E-state index in [1.54, 1.807) is 11.3 Å². The van der Waals surface area contributed by atoms with Gasteiger partial charge in [-0.25, -0.2) is 4.98 Å². The Labute approximate surface area is 123 Å². The fourth-order valence-corrected chi connectivity index (χ4v) is 3.33. The Morgan fingerprint density at radius 2 is 1.75 bits per heavy atom. The van der Waals surface area contributed by atoms with Crippen LogP contribution in [0.2, 0.25) is 0 Å². The van der Waals surface area contributed by atoms with Crippen LogP contribution in [0.25, 0.3) is 10.2 Å². The van der Waals surface area contributed by atoms with Crippen LogP contribution in [-0.2, 0) is 13.1 Å². The molecule has 0 fully saturated rings. The lowest BCUT2D eigenvalue weighted by molar-refractivity contribution is 0.319. The van der Waals surface area contributed by atoms with Gasteiger partial charge in [-0.1, -0.05) is 42.0 Å². The summed E-state index contributed by atoms with van der Waals surface area (Å²) in [6, 6.07) is 17.1. The van der Waals surface area contributed by atoms with E-state index in [4.69, 9.17) is 0 Å². The fourth-order valence-electron chi connectivity index (χ4n) is 2.28. The van der Waals surface area contributed by atoms with E-state index in [2.05, 4.69) is 66.3 Å². The molecule has 3 heteroatoms. The van der Waals surface area contributed by atoms with Crippen LogP contribution in [0, 0.1) is 6.92 Å². The standard InChI is InChI=1S/C17H18N2S/c1-13-7-9-14(10-8-13)11-19(2)12-17-18-15-5-3-4-6-16(15)20-17/h3-10H,11-12H2,1-2H3. The van der Waals surface area contributed by atoms with E-state index < -0.39 is 0 Å². The number of thiazole rings is 1. The monoisotopic (exact) mass is 282 g/mol. The van der Waals surface area contributed by atoms with Gasteiger partial charge >= 0.3 is 0 Å². The van der Waals surface area contributed by atoms with E-state index in [0.717, 1.165) is 18.6 Å². The maximum absolute atomic E-state index is 4.69. The maximum Gasteiger partial charge on any atom is 0.108 e. The number of aromatic nitrogens is 1. The Kier molecular flexibility index (Phi) is 3.81. The minimum absolute atomic E-state index is 0.896. The van der Waals surface area contributed by atoms with Crippen molar-refractivity contribution in [3.63, 3.8) is 0 Å². The molecule has 0 radical (unpaired) electrons. The van der Waals surface area contributed by atoms with Crippen molar-refractivity contribution in [1.82, 2.24) is 9.88 Å². The normalized spacial score (nSPS) is 11.3. The average molecular weight is 282 g/mol. The number of benzene rings is 2. The molecular formula is C17H18N2S. The average Bonchev–Trinajstić information content (AvgIpc) is 2.83. The van der Waals surface area contributed by atoms with Crippen molar-refractivity contribution < 1.29 is 0 Å². The molecule has 1 heterocycles. The van der Waals surface area contributed by atoms with E-state index in [-0.39, 0.29) is 0 Å². The quantitative estimate of drug-likeness (QED) is 0.711. The van der Waals surface area contributed by atoms with Gasteiger partial charge in [-0.05, 0) is 31.7 Å². The molecule has 20 heavy (non-hydrogen) atoms. The summed E-state index contributed by atoms with van der Waals surface area (Å²) in [5.41, 5.74) is 3.76. The molecule has 102 valence electrons. The number of aryl methyl sites for hydroxylation is 1. The highest BCUT2D eigenvalue weighted by Gasteiger charge is 2.07. The zero-order valence-corrected chi connectivity index (χ0v) is 12.7. The molecule has 0 aliphatic heterocycles. The van der Waals surface area contributed by atoms with E-state index in [0.29, 0.717) is 0 Å². The van der Waals surface area contributed by atoms with Crippen LogP contribution in [-0.4, -0.2) is 16.9 Å². The van der Waals surface area contributed by atoms with Crippen molar-refractivity contribution in [1.29, 1.82) is 0 Å². The van der Waals surface area contributed by atoms with Crippen LogP contribution in [0.1, 0.15) is 16.1 Å². The largest absolute Gasteiger partial charge is 0.295 e. The van der Waals surface area contributed by atoms with Gasteiger partial charge < -0.3 is 0 Å². The first-order valence-electron chi connectivity index (χ1n) is 6.79. The van der Waals surface area contributed by atoms with Crippen LogP contribution < -0.4 is 0 Å². The lowest BCUT2D eigenvalue weighted by Crippen LogP contribution is -2.16. The van der Waals surface area contributed by atoms with Gasteiger partial charge in [-0.3, -0.25) is 4.90 Å². The summed E-state index contributed by atoms with van der Waals surface area (Å²) >= 11 is 1.79. The van der Waals surface area contributed by atoms with Gasteiger partial charge in [0.05, 0.1) is 16.8 Å². The molecule has 3 aromatic rings. The molecule has 0 saturated heterocycles. The van der Waals surface area contributed by atoms with Gasteiger partial charge in [0.15, 0.2) is 0 Å². The van der Waals surface area contributed by atoms with Gasteiger partial charge in [-0.2, -0.15) is 0 Å². The van der Waals surface area contributed by atoms with E-state index >= 15 is 0 Å². The molecule has 0 spiro atoms. The highest BCUT2D eigenvalue weighted by molar-refractivity contribution is 7.18.